The molecule has 2 aromatic rings. The Hall–Kier alpha value is -1.35. The lowest BCUT2D eigenvalue weighted by Gasteiger charge is -2.02. The predicted molar refractivity (Wildman–Crippen MR) is 58.5 cm³/mol. The van der Waals surface area contributed by atoms with E-state index in [0.717, 1.165) is 33.2 Å². The van der Waals surface area contributed by atoms with E-state index in [1.807, 2.05) is 24.4 Å². The largest absolute Gasteiger partial charge is 0.497 e. The molecule has 3 heteroatoms. The van der Waals surface area contributed by atoms with E-state index in [2.05, 4.69) is 0 Å². The monoisotopic (exact) mass is 206 g/mol. The first-order valence-corrected chi connectivity index (χ1v) is 5.15. The Morgan fingerprint density at radius 1 is 1.43 bits per heavy atom. The Morgan fingerprint density at radius 3 is 2.86 bits per heavy atom. The van der Waals surface area contributed by atoms with Gasteiger partial charge in [0.2, 0.25) is 0 Å². The predicted octanol–water partition coefficient (Wildman–Crippen LogP) is 3.03. The molecule has 1 aromatic heterocycles. The van der Waals surface area contributed by atoms with E-state index >= 15 is 0 Å². The molecule has 0 spiro atoms. The Morgan fingerprint density at radius 2 is 2.21 bits per heavy atom. The van der Waals surface area contributed by atoms with Gasteiger partial charge in [-0.1, -0.05) is 0 Å². The average molecular weight is 206 g/mol. The fraction of sp³-hybridized carbons (Fsp3) is 0.182. The summed E-state index contributed by atoms with van der Waals surface area (Å²) in [5, 5.41) is 2.93. The van der Waals surface area contributed by atoms with Gasteiger partial charge in [-0.25, -0.2) is 0 Å². The van der Waals surface area contributed by atoms with Crippen molar-refractivity contribution in [3.8, 4) is 5.75 Å². The number of carbonyl (C=O) groups is 1. The van der Waals surface area contributed by atoms with Crippen LogP contribution >= 0.6 is 11.3 Å². The molecule has 14 heavy (non-hydrogen) atoms. The fourth-order valence-electron chi connectivity index (χ4n) is 1.58. The first kappa shape index (κ1) is 9.21. The molecule has 1 heterocycles. The molecular formula is C11H10O2S. The minimum atomic E-state index is 0.769. The van der Waals surface area contributed by atoms with Crippen LogP contribution in [0, 0.1) is 6.92 Å². The normalized spacial score (nSPS) is 10.4. The zero-order valence-corrected chi connectivity index (χ0v) is 8.85. The van der Waals surface area contributed by atoms with Crippen LogP contribution in [-0.4, -0.2) is 13.4 Å². The van der Waals surface area contributed by atoms with Crippen molar-refractivity contribution in [2.24, 2.45) is 0 Å². The number of carbonyl (C=O) groups excluding carboxylic acids is 1. The minimum absolute atomic E-state index is 0.769. The molecule has 0 saturated heterocycles. The van der Waals surface area contributed by atoms with Crippen LogP contribution in [0.3, 0.4) is 0 Å². The van der Waals surface area contributed by atoms with Gasteiger partial charge in [0.15, 0.2) is 6.29 Å². The number of rotatable bonds is 2. The van der Waals surface area contributed by atoms with E-state index in [1.165, 1.54) is 0 Å². The van der Waals surface area contributed by atoms with Gasteiger partial charge in [-0.2, -0.15) is 0 Å². The number of thiophene rings is 1. The van der Waals surface area contributed by atoms with Crippen molar-refractivity contribution in [1.29, 1.82) is 0 Å². The third kappa shape index (κ3) is 1.30. The summed E-state index contributed by atoms with van der Waals surface area (Å²) in [5.41, 5.74) is 1.85. The molecular weight excluding hydrogens is 196 g/mol. The molecule has 2 nitrogen and oxygen atoms in total. The highest BCUT2D eigenvalue weighted by Crippen LogP contribution is 2.31. The summed E-state index contributed by atoms with van der Waals surface area (Å²) in [5.74, 6) is 0.842. The molecule has 0 fully saturated rings. The zero-order chi connectivity index (χ0) is 10.1. The zero-order valence-electron chi connectivity index (χ0n) is 8.03. The van der Waals surface area contributed by atoms with Crippen molar-refractivity contribution in [1.82, 2.24) is 0 Å². The van der Waals surface area contributed by atoms with Crippen molar-refractivity contribution >= 4 is 27.7 Å². The van der Waals surface area contributed by atoms with Gasteiger partial charge in [0.1, 0.15) is 5.75 Å². The van der Waals surface area contributed by atoms with Crippen LogP contribution in [0.5, 0.6) is 5.75 Å². The Labute approximate surface area is 86.1 Å². The highest BCUT2D eigenvalue weighted by atomic mass is 32.1. The fourth-order valence-corrected chi connectivity index (χ4v) is 2.58. The summed E-state index contributed by atoms with van der Waals surface area (Å²) < 4.78 is 6.27. The highest BCUT2D eigenvalue weighted by molar-refractivity contribution is 7.17. The van der Waals surface area contributed by atoms with Gasteiger partial charge in [0, 0.05) is 21.0 Å². The SMILES string of the molecule is COc1cc(C)c2c(C=O)csc2c1. The maximum atomic E-state index is 10.8. The number of fused-ring (bicyclic) bond motifs is 1. The summed E-state index contributed by atoms with van der Waals surface area (Å²) in [7, 11) is 1.65. The number of aryl methyl sites for hydroxylation is 1. The second kappa shape index (κ2) is 3.42. The highest BCUT2D eigenvalue weighted by Gasteiger charge is 2.07. The van der Waals surface area contributed by atoms with Gasteiger partial charge < -0.3 is 4.74 Å². The smallest absolute Gasteiger partial charge is 0.151 e. The third-order valence-corrected chi connectivity index (χ3v) is 3.18. The molecule has 0 aliphatic carbocycles. The molecule has 2 rings (SSSR count). The summed E-state index contributed by atoms with van der Waals surface area (Å²) >= 11 is 1.57. The first-order chi connectivity index (χ1) is 6.76. The number of hydrogen-bond acceptors (Lipinski definition) is 3. The number of hydrogen-bond donors (Lipinski definition) is 0. The van der Waals surface area contributed by atoms with Crippen LogP contribution in [-0.2, 0) is 0 Å². The molecule has 0 saturated carbocycles. The van der Waals surface area contributed by atoms with Crippen LogP contribution in [0.15, 0.2) is 17.5 Å². The molecule has 72 valence electrons. The van der Waals surface area contributed by atoms with Crippen LogP contribution in [0.2, 0.25) is 0 Å². The standard InChI is InChI=1S/C11H10O2S/c1-7-3-9(13-2)4-10-11(7)8(5-12)6-14-10/h3-6H,1-2H3. The van der Waals surface area contributed by atoms with E-state index < -0.39 is 0 Å². The summed E-state index contributed by atoms with van der Waals surface area (Å²) in [4.78, 5) is 10.8. The van der Waals surface area contributed by atoms with Crippen molar-refractivity contribution in [3.05, 3.63) is 28.6 Å². The molecule has 0 aliphatic heterocycles. The van der Waals surface area contributed by atoms with E-state index in [9.17, 15) is 4.79 Å². The van der Waals surface area contributed by atoms with Crippen LogP contribution in [0.1, 0.15) is 15.9 Å². The molecule has 0 radical (unpaired) electrons. The Bertz CT molecular complexity index is 485. The maximum Gasteiger partial charge on any atom is 0.151 e. The van der Waals surface area contributed by atoms with Gasteiger partial charge >= 0.3 is 0 Å². The van der Waals surface area contributed by atoms with Crippen molar-refractivity contribution < 1.29 is 9.53 Å². The topological polar surface area (TPSA) is 26.3 Å². The first-order valence-electron chi connectivity index (χ1n) is 4.27. The van der Waals surface area contributed by atoms with Crippen LogP contribution in [0.4, 0.5) is 0 Å². The Balaban J connectivity index is 2.78. The van der Waals surface area contributed by atoms with E-state index in [1.54, 1.807) is 18.4 Å². The van der Waals surface area contributed by atoms with Crippen LogP contribution < -0.4 is 4.74 Å². The van der Waals surface area contributed by atoms with Crippen molar-refractivity contribution in [3.63, 3.8) is 0 Å². The summed E-state index contributed by atoms with van der Waals surface area (Å²) in [6.45, 7) is 1.99. The second-order valence-electron chi connectivity index (χ2n) is 3.13. The lowest BCUT2D eigenvalue weighted by molar-refractivity contribution is 0.112. The van der Waals surface area contributed by atoms with E-state index in [-0.39, 0.29) is 0 Å². The number of benzene rings is 1. The van der Waals surface area contributed by atoms with E-state index in [0.29, 0.717) is 0 Å². The van der Waals surface area contributed by atoms with Crippen LogP contribution in [0.25, 0.3) is 10.1 Å². The lowest BCUT2D eigenvalue weighted by atomic mass is 10.1. The average Bonchev–Trinajstić information content (AvgIpc) is 2.61. The van der Waals surface area contributed by atoms with Gasteiger partial charge in [-0.05, 0) is 24.6 Å². The summed E-state index contributed by atoms with van der Waals surface area (Å²) in [6.07, 6.45) is 0.901. The van der Waals surface area contributed by atoms with Gasteiger partial charge in [-0.3, -0.25) is 4.79 Å². The number of ether oxygens (including phenoxy) is 1. The number of aldehydes is 1. The minimum Gasteiger partial charge on any atom is -0.497 e. The molecule has 0 atom stereocenters. The van der Waals surface area contributed by atoms with Crippen molar-refractivity contribution in [2.45, 2.75) is 6.92 Å². The van der Waals surface area contributed by atoms with Crippen molar-refractivity contribution in [2.75, 3.05) is 7.11 Å². The Kier molecular flexibility index (Phi) is 2.25. The molecule has 0 N–H and O–H groups in total. The third-order valence-electron chi connectivity index (χ3n) is 2.24. The molecule has 0 aliphatic rings. The maximum absolute atomic E-state index is 10.8. The lowest BCUT2D eigenvalue weighted by Crippen LogP contribution is -1.85. The molecule has 1 aromatic carbocycles. The van der Waals surface area contributed by atoms with Gasteiger partial charge in [-0.15, -0.1) is 11.3 Å². The van der Waals surface area contributed by atoms with Gasteiger partial charge in [0.05, 0.1) is 7.11 Å². The summed E-state index contributed by atoms with van der Waals surface area (Å²) in [6, 6.07) is 3.90. The number of methoxy groups -OCH3 is 1. The quantitative estimate of drug-likeness (QED) is 0.706. The molecule has 0 unspecified atom stereocenters. The van der Waals surface area contributed by atoms with E-state index in [4.69, 9.17) is 4.74 Å². The molecule has 0 bridgehead atoms. The molecule has 0 amide bonds. The van der Waals surface area contributed by atoms with Gasteiger partial charge in [0.25, 0.3) is 0 Å². The second-order valence-corrected chi connectivity index (χ2v) is 4.04.